The first-order valence-electron chi connectivity index (χ1n) is 13.6. The van der Waals surface area contributed by atoms with Gasteiger partial charge in [-0.05, 0) is 88.5 Å². The van der Waals surface area contributed by atoms with Crippen molar-refractivity contribution in [1.82, 2.24) is 9.88 Å². The van der Waals surface area contributed by atoms with Crippen LogP contribution in [0, 0.1) is 12.8 Å². The van der Waals surface area contributed by atoms with E-state index in [4.69, 9.17) is 0 Å². The van der Waals surface area contributed by atoms with Crippen LogP contribution in [-0.2, 0) is 16.0 Å². The lowest BCUT2D eigenvalue weighted by Gasteiger charge is -2.22. The van der Waals surface area contributed by atoms with Gasteiger partial charge in [0, 0.05) is 40.8 Å². The Morgan fingerprint density at radius 1 is 1.11 bits per heavy atom. The molecule has 1 aliphatic heterocycles. The van der Waals surface area contributed by atoms with Gasteiger partial charge in [0.15, 0.2) is 5.78 Å². The first-order valence-corrected chi connectivity index (χ1v) is 13.6. The van der Waals surface area contributed by atoms with Crippen LogP contribution in [-0.4, -0.2) is 47.1 Å². The molecule has 2 aromatic rings. The molecule has 0 radical (unpaired) electrons. The zero-order valence-electron chi connectivity index (χ0n) is 23.2. The molecular weight excluding hydrogens is 464 g/mol. The highest BCUT2D eigenvalue weighted by atomic mass is 16.2. The van der Waals surface area contributed by atoms with Crippen LogP contribution in [0.2, 0.25) is 0 Å². The molecular formula is C30H42N4O3. The predicted octanol–water partition coefficient (Wildman–Crippen LogP) is 6.06. The first-order chi connectivity index (χ1) is 17.7. The molecule has 1 unspecified atom stereocenters. The molecule has 0 fully saturated rings. The number of aromatic amines is 1. The SMILES string of the molecule is CCC(CCCc1[nH]c(/C=C2\C(=O)Nc3ccc(NC(C)=O)cc32)c(C)c1C(C)=O)CCN(CC)CC. The molecule has 2 amide bonds. The summed E-state index contributed by atoms with van der Waals surface area (Å²) in [5.41, 5.74) is 5.89. The normalized spacial score (nSPS) is 14.7. The monoisotopic (exact) mass is 506 g/mol. The van der Waals surface area contributed by atoms with E-state index in [0.717, 1.165) is 73.4 Å². The smallest absolute Gasteiger partial charge is 0.256 e. The third kappa shape index (κ3) is 6.98. The Morgan fingerprint density at radius 3 is 2.46 bits per heavy atom. The number of carbonyl (C=O) groups excluding carboxylic acids is 3. The molecule has 0 bridgehead atoms. The molecule has 0 spiro atoms. The van der Waals surface area contributed by atoms with Gasteiger partial charge in [0.25, 0.3) is 5.91 Å². The Morgan fingerprint density at radius 2 is 1.84 bits per heavy atom. The number of Topliss-reactive ketones (excluding diaryl/α,β-unsaturated/α-hetero) is 1. The van der Waals surface area contributed by atoms with Gasteiger partial charge in [0.2, 0.25) is 5.91 Å². The van der Waals surface area contributed by atoms with Gasteiger partial charge in [-0.25, -0.2) is 0 Å². The Kier molecular flexibility index (Phi) is 9.86. The van der Waals surface area contributed by atoms with Gasteiger partial charge < -0.3 is 20.5 Å². The number of benzene rings is 1. The summed E-state index contributed by atoms with van der Waals surface area (Å²) in [4.78, 5) is 42.8. The number of H-pyrrole nitrogens is 1. The molecule has 1 atom stereocenters. The van der Waals surface area contributed by atoms with E-state index < -0.39 is 0 Å². The lowest BCUT2D eigenvalue weighted by molar-refractivity contribution is -0.114. The zero-order chi connectivity index (χ0) is 27.1. The topological polar surface area (TPSA) is 94.3 Å². The second-order valence-electron chi connectivity index (χ2n) is 10.0. The minimum absolute atomic E-state index is 0.0335. The van der Waals surface area contributed by atoms with E-state index in [0.29, 0.717) is 22.9 Å². The van der Waals surface area contributed by atoms with E-state index in [1.54, 1.807) is 25.1 Å². The largest absolute Gasteiger partial charge is 0.358 e. The summed E-state index contributed by atoms with van der Waals surface area (Å²) in [6.45, 7) is 15.0. The predicted molar refractivity (Wildman–Crippen MR) is 152 cm³/mol. The van der Waals surface area contributed by atoms with Crippen molar-refractivity contribution in [3.05, 3.63) is 46.3 Å². The van der Waals surface area contributed by atoms with Crippen molar-refractivity contribution in [2.24, 2.45) is 5.92 Å². The maximum atomic E-state index is 12.8. The van der Waals surface area contributed by atoms with Crippen molar-refractivity contribution in [3.63, 3.8) is 0 Å². The van der Waals surface area contributed by atoms with Crippen LogP contribution in [0.4, 0.5) is 11.4 Å². The Balaban J connectivity index is 1.80. The summed E-state index contributed by atoms with van der Waals surface area (Å²) in [5.74, 6) is 0.340. The molecule has 0 saturated heterocycles. The number of amides is 2. The van der Waals surface area contributed by atoms with Crippen LogP contribution >= 0.6 is 0 Å². The fraction of sp³-hybridized carbons (Fsp3) is 0.500. The maximum absolute atomic E-state index is 12.8. The van der Waals surface area contributed by atoms with E-state index in [1.165, 1.54) is 13.3 Å². The van der Waals surface area contributed by atoms with Crippen molar-refractivity contribution in [2.45, 2.75) is 73.6 Å². The fourth-order valence-corrected chi connectivity index (χ4v) is 5.27. The van der Waals surface area contributed by atoms with Gasteiger partial charge in [-0.15, -0.1) is 0 Å². The van der Waals surface area contributed by atoms with Crippen LogP contribution in [0.5, 0.6) is 0 Å². The third-order valence-corrected chi connectivity index (χ3v) is 7.49. The first kappa shape index (κ1) is 28.4. The minimum Gasteiger partial charge on any atom is -0.358 e. The molecule has 0 saturated carbocycles. The minimum atomic E-state index is -0.200. The number of anilines is 2. The molecule has 7 heteroatoms. The summed E-state index contributed by atoms with van der Waals surface area (Å²) < 4.78 is 0. The number of nitrogens with one attached hydrogen (secondary N) is 3. The van der Waals surface area contributed by atoms with E-state index >= 15 is 0 Å². The van der Waals surface area contributed by atoms with Gasteiger partial charge >= 0.3 is 0 Å². The van der Waals surface area contributed by atoms with E-state index in [2.05, 4.69) is 41.3 Å². The molecule has 37 heavy (non-hydrogen) atoms. The van der Waals surface area contributed by atoms with Gasteiger partial charge in [-0.1, -0.05) is 33.6 Å². The van der Waals surface area contributed by atoms with Gasteiger partial charge in [-0.2, -0.15) is 0 Å². The van der Waals surface area contributed by atoms with Crippen LogP contribution < -0.4 is 10.6 Å². The summed E-state index contributed by atoms with van der Waals surface area (Å²) in [7, 11) is 0. The van der Waals surface area contributed by atoms with Crippen LogP contribution in [0.3, 0.4) is 0 Å². The van der Waals surface area contributed by atoms with Crippen molar-refractivity contribution in [2.75, 3.05) is 30.3 Å². The Bertz CT molecular complexity index is 1170. The lowest BCUT2D eigenvalue weighted by Crippen LogP contribution is -2.25. The van der Waals surface area contributed by atoms with Gasteiger partial charge in [0.1, 0.15) is 0 Å². The molecule has 0 aliphatic carbocycles. The summed E-state index contributed by atoms with van der Waals surface area (Å²) >= 11 is 0. The molecule has 3 rings (SSSR count). The fourth-order valence-electron chi connectivity index (χ4n) is 5.27. The summed E-state index contributed by atoms with van der Waals surface area (Å²) in [6, 6.07) is 5.35. The van der Waals surface area contributed by atoms with Crippen LogP contribution in [0.1, 0.15) is 93.2 Å². The number of aryl methyl sites for hydroxylation is 1. The Labute approximate surface area is 221 Å². The van der Waals surface area contributed by atoms with Crippen molar-refractivity contribution in [3.8, 4) is 0 Å². The number of rotatable bonds is 13. The summed E-state index contributed by atoms with van der Waals surface area (Å²) in [6.07, 6.45) is 7.13. The number of hydrogen-bond donors (Lipinski definition) is 3. The third-order valence-electron chi connectivity index (χ3n) is 7.49. The molecule has 200 valence electrons. The number of carbonyl (C=O) groups is 3. The average molecular weight is 507 g/mol. The number of fused-ring (bicyclic) bond motifs is 1. The molecule has 7 nitrogen and oxygen atoms in total. The van der Waals surface area contributed by atoms with E-state index in [-0.39, 0.29) is 17.6 Å². The zero-order valence-corrected chi connectivity index (χ0v) is 23.2. The lowest BCUT2D eigenvalue weighted by atomic mass is 9.94. The van der Waals surface area contributed by atoms with Crippen molar-refractivity contribution >= 4 is 40.6 Å². The molecule has 1 aromatic heterocycles. The van der Waals surface area contributed by atoms with Crippen molar-refractivity contribution in [1.29, 1.82) is 0 Å². The number of ketones is 1. The summed E-state index contributed by atoms with van der Waals surface area (Å²) in [5, 5.41) is 5.66. The van der Waals surface area contributed by atoms with Crippen LogP contribution in [0.25, 0.3) is 11.6 Å². The van der Waals surface area contributed by atoms with Crippen molar-refractivity contribution < 1.29 is 14.4 Å². The molecule has 1 aromatic carbocycles. The second kappa shape index (κ2) is 12.9. The molecule has 2 heterocycles. The highest BCUT2D eigenvalue weighted by Gasteiger charge is 2.26. The molecule has 3 N–H and O–H groups in total. The van der Waals surface area contributed by atoms with Crippen LogP contribution in [0.15, 0.2) is 18.2 Å². The van der Waals surface area contributed by atoms with E-state index in [9.17, 15) is 14.4 Å². The second-order valence-corrected chi connectivity index (χ2v) is 10.0. The Hall–Kier alpha value is -3.19. The highest BCUT2D eigenvalue weighted by Crippen LogP contribution is 2.36. The standard InChI is InChI=1S/C30H42N4O3/c1-7-22(15-16-34(8-2)9-3)11-10-12-27-29(20(5)35)19(4)28(32-27)18-25-24-17-23(31-21(6)36)13-14-26(24)33-30(25)37/h13-14,17-18,22,32H,7-12,15-16H2,1-6H3,(H,31,36)(H,33,37)/b25-18-. The van der Waals surface area contributed by atoms with Gasteiger partial charge in [-0.3, -0.25) is 14.4 Å². The number of hydrogen-bond acceptors (Lipinski definition) is 4. The van der Waals surface area contributed by atoms with E-state index in [1.807, 2.05) is 13.0 Å². The molecule has 1 aliphatic rings. The van der Waals surface area contributed by atoms with Gasteiger partial charge in [0.05, 0.1) is 5.57 Å². The quantitative estimate of drug-likeness (QED) is 0.227. The highest BCUT2D eigenvalue weighted by molar-refractivity contribution is 6.35. The average Bonchev–Trinajstić information content (AvgIpc) is 3.33. The number of nitrogens with zero attached hydrogens (tertiary/aromatic N) is 1. The number of aromatic nitrogens is 1. The maximum Gasteiger partial charge on any atom is 0.256 e.